The maximum atomic E-state index is 8.18. The van der Waals surface area contributed by atoms with Gasteiger partial charge in [0, 0.05) is 0 Å². The summed E-state index contributed by atoms with van der Waals surface area (Å²) in [5.74, 6) is 0. The first kappa shape index (κ1) is 5.32. The van der Waals surface area contributed by atoms with E-state index < -0.39 is 0 Å². The molecule has 1 aromatic heterocycles. The third-order valence-corrected chi connectivity index (χ3v) is 1.06. The lowest BCUT2D eigenvalue weighted by Gasteiger charge is -1.73. The van der Waals surface area contributed by atoms with E-state index in [1.54, 1.807) is 12.4 Å². The predicted octanol–water partition coefficient (Wildman–Crippen LogP) is 0.975. The van der Waals surface area contributed by atoms with Crippen LogP contribution in [0.4, 0.5) is 0 Å². The SMILES string of the molecule is N#Cn1cc(Br)cn1. The van der Waals surface area contributed by atoms with Crippen LogP contribution in [0.2, 0.25) is 0 Å². The van der Waals surface area contributed by atoms with Crippen LogP contribution >= 0.6 is 15.9 Å². The lowest BCUT2D eigenvalue weighted by Crippen LogP contribution is -1.84. The summed E-state index contributed by atoms with van der Waals surface area (Å²) in [6.07, 6.45) is 4.97. The van der Waals surface area contributed by atoms with Crippen LogP contribution in [0.5, 0.6) is 0 Å². The van der Waals surface area contributed by atoms with Crippen molar-refractivity contribution in [1.82, 2.24) is 9.78 Å². The fraction of sp³-hybridized carbons (Fsp3) is 0. The van der Waals surface area contributed by atoms with Crippen LogP contribution in [0, 0.1) is 11.5 Å². The molecule has 0 aliphatic heterocycles. The van der Waals surface area contributed by atoms with Gasteiger partial charge in [0.15, 0.2) is 0 Å². The van der Waals surface area contributed by atoms with Gasteiger partial charge in [-0.1, -0.05) is 0 Å². The molecule has 0 N–H and O–H groups in total. The summed E-state index contributed by atoms with van der Waals surface area (Å²) in [7, 11) is 0. The van der Waals surface area contributed by atoms with Crippen molar-refractivity contribution in [2.75, 3.05) is 0 Å². The average Bonchev–Trinajstić information content (AvgIpc) is 2.14. The highest BCUT2D eigenvalue weighted by atomic mass is 79.9. The van der Waals surface area contributed by atoms with Crippen molar-refractivity contribution in [1.29, 1.82) is 5.26 Å². The van der Waals surface area contributed by atoms with Crippen LogP contribution < -0.4 is 0 Å². The van der Waals surface area contributed by atoms with E-state index in [2.05, 4.69) is 21.0 Å². The molecule has 0 bridgehead atoms. The Kier molecular flexibility index (Phi) is 1.31. The number of hydrogen-bond donors (Lipinski definition) is 0. The summed E-state index contributed by atoms with van der Waals surface area (Å²) in [6, 6.07) is 0. The standard InChI is InChI=1S/C4H2BrN3/c5-4-1-7-8(2-4)3-6/h1-2H. The number of hydrogen-bond acceptors (Lipinski definition) is 2. The summed E-state index contributed by atoms with van der Waals surface area (Å²) in [6.45, 7) is 0. The van der Waals surface area contributed by atoms with Gasteiger partial charge in [0.1, 0.15) is 0 Å². The minimum absolute atomic E-state index is 0.819. The van der Waals surface area contributed by atoms with E-state index in [0.717, 1.165) is 4.47 Å². The van der Waals surface area contributed by atoms with Crippen LogP contribution in [-0.2, 0) is 0 Å². The quantitative estimate of drug-likeness (QED) is 0.585. The van der Waals surface area contributed by atoms with Crippen LogP contribution in [-0.4, -0.2) is 9.78 Å². The molecular formula is C4H2BrN3. The van der Waals surface area contributed by atoms with Gasteiger partial charge < -0.3 is 0 Å². The molecule has 4 heteroatoms. The molecule has 0 unspecified atom stereocenters. The minimum atomic E-state index is 0.819. The van der Waals surface area contributed by atoms with E-state index in [4.69, 9.17) is 5.26 Å². The molecule has 0 saturated heterocycles. The average molecular weight is 172 g/mol. The van der Waals surface area contributed by atoms with E-state index in [1.807, 2.05) is 6.19 Å². The summed E-state index contributed by atoms with van der Waals surface area (Å²) < 4.78 is 1.99. The van der Waals surface area contributed by atoms with Gasteiger partial charge in [-0.25, -0.2) is 0 Å². The number of nitrogens with zero attached hydrogens (tertiary/aromatic N) is 3. The highest BCUT2D eigenvalue weighted by Gasteiger charge is 1.88. The summed E-state index contributed by atoms with van der Waals surface area (Å²) >= 11 is 3.14. The fourth-order valence-corrected chi connectivity index (χ4v) is 0.641. The number of nitriles is 1. The predicted molar refractivity (Wildman–Crippen MR) is 30.9 cm³/mol. The monoisotopic (exact) mass is 171 g/mol. The molecule has 0 radical (unpaired) electrons. The van der Waals surface area contributed by atoms with Gasteiger partial charge in [-0.15, -0.1) is 0 Å². The zero-order valence-corrected chi connectivity index (χ0v) is 5.46. The summed E-state index contributed by atoms with van der Waals surface area (Å²) in [4.78, 5) is 0. The molecule has 0 aliphatic carbocycles. The van der Waals surface area contributed by atoms with E-state index in [9.17, 15) is 0 Å². The molecule has 1 aromatic rings. The van der Waals surface area contributed by atoms with Crippen LogP contribution in [0.3, 0.4) is 0 Å². The number of rotatable bonds is 0. The largest absolute Gasteiger partial charge is 0.206 e. The normalized spacial score (nSPS) is 8.50. The molecule has 8 heavy (non-hydrogen) atoms. The van der Waals surface area contributed by atoms with Gasteiger partial charge in [0.25, 0.3) is 0 Å². The molecule has 3 nitrogen and oxygen atoms in total. The highest BCUT2D eigenvalue weighted by molar-refractivity contribution is 9.10. The molecule has 40 valence electrons. The van der Waals surface area contributed by atoms with Crippen LogP contribution in [0.25, 0.3) is 0 Å². The van der Waals surface area contributed by atoms with Crippen molar-refractivity contribution in [3.63, 3.8) is 0 Å². The molecule has 1 heterocycles. The van der Waals surface area contributed by atoms with Crippen molar-refractivity contribution in [3.05, 3.63) is 16.9 Å². The van der Waals surface area contributed by atoms with Crippen LogP contribution in [0.15, 0.2) is 16.9 Å². The Morgan fingerprint density at radius 3 is 2.88 bits per heavy atom. The Morgan fingerprint density at radius 1 is 1.88 bits per heavy atom. The Balaban J connectivity index is 3.05. The third kappa shape index (κ3) is 0.873. The van der Waals surface area contributed by atoms with Gasteiger partial charge in [0.05, 0.1) is 16.9 Å². The van der Waals surface area contributed by atoms with Crippen molar-refractivity contribution in [3.8, 4) is 6.19 Å². The maximum absolute atomic E-state index is 8.18. The summed E-state index contributed by atoms with van der Waals surface area (Å²) in [5.41, 5.74) is 0. The topological polar surface area (TPSA) is 41.6 Å². The first-order valence-electron chi connectivity index (χ1n) is 1.93. The zero-order valence-electron chi connectivity index (χ0n) is 3.87. The van der Waals surface area contributed by atoms with Gasteiger partial charge >= 0.3 is 0 Å². The van der Waals surface area contributed by atoms with E-state index in [-0.39, 0.29) is 0 Å². The molecule has 0 amide bonds. The minimum Gasteiger partial charge on any atom is -0.173 e. The van der Waals surface area contributed by atoms with Gasteiger partial charge in [-0.2, -0.15) is 15.0 Å². The second kappa shape index (κ2) is 1.97. The lowest BCUT2D eigenvalue weighted by atomic mass is 10.8. The van der Waals surface area contributed by atoms with E-state index in [1.165, 1.54) is 4.68 Å². The highest BCUT2D eigenvalue weighted by Crippen LogP contribution is 2.04. The molecule has 0 saturated carbocycles. The first-order valence-corrected chi connectivity index (χ1v) is 2.72. The van der Waals surface area contributed by atoms with Gasteiger partial charge in [0.2, 0.25) is 6.19 Å². The molecule has 0 aromatic carbocycles. The van der Waals surface area contributed by atoms with Crippen molar-refractivity contribution < 1.29 is 0 Å². The second-order valence-corrected chi connectivity index (χ2v) is 2.12. The van der Waals surface area contributed by atoms with Crippen molar-refractivity contribution in [2.45, 2.75) is 0 Å². The maximum Gasteiger partial charge on any atom is 0.206 e. The molecular weight excluding hydrogens is 170 g/mol. The first-order chi connectivity index (χ1) is 3.83. The molecule has 1 rings (SSSR count). The zero-order chi connectivity index (χ0) is 5.98. The molecule has 0 fully saturated rings. The van der Waals surface area contributed by atoms with Crippen LogP contribution in [0.1, 0.15) is 0 Å². The molecule has 0 spiro atoms. The summed E-state index contributed by atoms with van der Waals surface area (Å²) in [5, 5.41) is 11.8. The van der Waals surface area contributed by atoms with E-state index >= 15 is 0 Å². The van der Waals surface area contributed by atoms with Gasteiger partial charge in [-0.3, -0.25) is 0 Å². The third-order valence-electron chi connectivity index (χ3n) is 0.654. The Labute approximate surface area is 54.7 Å². The van der Waals surface area contributed by atoms with Crippen molar-refractivity contribution in [2.24, 2.45) is 0 Å². The molecule has 0 atom stereocenters. The Hall–Kier alpha value is -0.820. The fourth-order valence-electron chi connectivity index (χ4n) is 0.356. The number of aromatic nitrogens is 2. The molecule has 0 aliphatic rings. The van der Waals surface area contributed by atoms with Crippen molar-refractivity contribution >= 4 is 15.9 Å². The van der Waals surface area contributed by atoms with E-state index in [0.29, 0.717) is 0 Å². The second-order valence-electron chi connectivity index (χ2n) is 1.20. The Morgan fingerprint density at radius 2 is 2.62 bits per heavy atom. The van der Waals surface area contributed by atoms with Gasteiger partial charge in [-0.05, 0) is 15.9 Å². The lowest BCUT2D eigenvalue weighted by molar-refractivity contribution is 0.898. The number of halogens is 1. The Bertz CT molecular complexity index is 221. The smallest absolute Gasteiger partial charge is 0.173 e.